The van der Waals surface area contributed by atoms with E-state index in [2.05, 4.69) is 4.98 Å². The number of likely N-dealkylation sites (tertiary alicyclic amines) is 1. The SMILES string of the molecule is CC(C)C1(O)CN(C(=O)c2ccc(Cl)nc2)C1. The molecule has 0 bridgehead atoms. The highest BCUT2D eigenvalue weighted by Gasteiger charge is 2.45. The van der Waals surface area contributed by atoms with E-state index in [0.29, 0.717) is 23.8 Å². The molecular weight excluding hydrogens is 240 g/mol. The Kier molecular flexibility index (Phi) is 3.10. The number of hydrogen-bond acceptors (Lipinski definition) is 3. The minimum atomic E-state index is -0.741. The van der Waals surface area contributed by atoms with E-state index in [0.717, 1.165) is 0 Å². The zero-order valence-corrected chi connectivity index (χ0v) is 10.6. The number of carbonyl (C=O) groups excluding carboxylic acids is 1. The predicted octanol–water partition coefficient (Wildman–Crippen LogP) is 1.58. The van der Waals surface area contributed by atoms with Crippen molar-refractivity contribution in [2.45, 2.75) is 19.4 Å². The highest BCUT2D eigenvalue weighted by atomic mass is 35.5. The Morgan fingerprint density at radius 2 is 2.18 bits per heavy atom. The molecule has 0 aromatic carbocycles. The summed E-state index contributed by atoms with van der Waals surface area (Å²) >= 11 is 5.65. The van der Waals surface area contributed by atoms with Gasteiger partial charge >= 0.3 is 0 Å². The topological polar surface area (TPSA) is 53.4 Å². The first-order valence-corrected chi connectivity index (χ1v) is 5.93. The Labute approximate surface area is 105 Å². The molecule has 4 nitrogen and oxygen atoms in total. The summed E-state index contributed by atoms with van der Waals surface area (Å²) < 4.78 is 0. The van der Waals surface area contributed by atoms with E-state index in [1.165, 1.54) is 6.20 Å². The summed E-state index contributed by atoms with van der Waals surface area (Å²) in [7, 11) is 0. The molecule has 0 atom stereocenters. The number of hydrogen-bond donors (Lipinski definition) is 1. The summed E-state index contributed by atoms with van der Waals surface area (Å²) in [5.41, 5.74) is -0.240. The molecule has 5 heteroatoms. The van der Waals surface area contributed by atoms with E-state index >= 15 is 0 Å². The number of β-amino-alcohol motifs (C(OH)–C–C–N with tert-alkyl or cyclic N) is 1. The second-order valence-electron chi connectivity index (χ2n) is 4.79. The van der Waals surface area contributed by atoms with Crippen molar-refractivity contribution in [1.82, 2.24) is 9.88 Å². The van der Waals surface area contributed by atoms with Gasteiger partial charge in [-0.1, -0.05) is 25.4 Å². The van der Waals surface area contributed by atoms with E-state index in [4.69, 9.17) is 11.6 Å². The van der Waals surface area contributed by atoms with Gasteiger partial charge < -0.3 is 10.0 Å². The van der Waals surface area contributed by atoms with Gasteiger partial charge in [-0.25, -0.2) is 4.98 Å². The van der Waals surface area contributed by atoms with Crippen molar-refractivity contribution in [2.75, 3.05) is 13.1 Å². The maximum absolute atomic E-state index is 12.0. The number of carbonyl (C=O) groups is 1. The summed E-state index contributed by atoms with van der Waals surface area (Å²) in [4.78, 5) is 17.5. The minimum absolute atomic E-state index is 0.112. The van der Waals surface area contributed by atoms with E-state index in [1.54, 1.807) is 17.0 Å². The highest BCUT2D eigenvalue weighted by molar-refractivity contribution is 6.29. The largest absolute Gasteiger partial charge is 0.386 e. The van der Waals surface area contributed by atoms with E-state index in [-0.39, 0.29) is 11.8 Å². The van der Waals surface area contributed by atoms with Gasteiger partial charge in [-0.15, -0.1) is 0 Å². The van der Waals surface area contributed by atoms with Crippen LogP contribution in [0.2, 0.25) is 5.15 Å². The molecule has 1 aromatic rings. The molecule has 0 unspecified atom stereocenters. The molecule has 1 saturated heterocycles. The number of nitrogens with zero attached hydrogens (tertiary/aromatic N) is 2. The lowest BCUT2D eigenvalue weighted by Gasteiger charge is -2.49. The second kappa shape index (κ2) is 4.27. The highest BCUT2D eigenvalue weighted by Crippen LogP contribution is 2.29. The standard InChI is InChI=1S/C12H15ClN2O2/c1-8(2)12(17)6-15(7-12)11(16)9-3-4-10(13)14-5-9/h3-5,8,17H,6-7H2,1-2H3. The van der Waals surface area contributed by atoms with Gasteiger partial charge in [0, 0.05) is 6.20 Å². The first-order chi connectivity index (χ1) is 7.92. The van der Waals surface area contributed by atoms with Crippen molar-refractivity contribution < 1.29 is 9.90 Å². The van der Waals surface area contributed by atoms with Crippen molar-refractivity contribution in [3.8, 4) is 0 Å². The van der Waals surface area contributed by atoms with Crippen LogP contribution in [0, 0.1) is 5.92 Å². The van der Waals surface area contributed by atoms with Crippen LogP contribution in [-0.2, 0) is 0 Å². The molecular formula is C12H15ClN2O2. The van der Waals surface area contributed by atoms with Crippen LogP contribution in [0.5, 0.6) is 0 Å². The van der Waals surface area contributed by atoms with E-state index < -0.39 is 5.60 Å². The maximum Gasteiger partial charge on any atom is 0.255 e. The molecule has 92 valence electrons. The van der Waals surface area contributed by atoms with E-state index in [9.17, 15) is 9.90 Å². The summed E-state index contributed by atoms with van der Waals surface area (Å²) in [6, 6.07) is 3.23. The Bertz CT molecular complexity index is 425. The number of aromatic nitrogens is 1. The fourth-order valence-corrected chi connectivity index (χ4v) is 1.92. The third kappa shape index (κ3) is 2.28. The molecule has 1 N–H and O–H groups in total. The van der Waals surface area contributed by atoms with Crippen LogP contribution >= 0.6 is 11.6 Å². The van der Waals surface area contributed by atoms with Gasteiger partial charge in [-0.2, -0.15) is 0 Å². The lowest BCUT2D eigenvalue weighted by atomic mass is 9.83. The smallest absolute Gasteiger partial charge is 0.255 e. The third-order valence-corrected chi connectivity index (χ3v) is 3.49. The van der Waals surface area contributed by atoms with Crippen LogP contribution in [0.1, 0.15) is 24.2 Å². The number of rotatable bonds is 2. The lowest BCUT2D eigenvalue weighted by Crippen LogP contribution is -2.65. The fourth-order valence-electron chi connectivity index (χ4n) is 1.81. The van der Waals surface area contributed by atoms with Crippen LogP contribution in [0.4, 0.5) is 0 Å². The quantitative estimate of drug-likeness (QED) is 0.816. The van der Waals surface area contributed by atoms with Gasteiger partial charge in [0.2, 0.25) is 0 Å². The van der Waals surface area contributed by atoms with Gasteiger partial charge in [-0.3, -0.25) is 4.79 Å². The zero-order valence-electron chi connectivity index (χ0n) is 9.85. The normalized spacial score (nSPS) is 18.1. The van der Waals surface area contributed by atoms with Crippen molar-refractivity contribution in [2.24, 2.45) is 5.92 Å². The van der Waals surface area contributed by atoms with Gasteiger partial charge in [0.15, 0.2) is 0 Å². The predicted molar refractivity (Wildman–Crippen MR) is 64.9 cm³/mol. The number of amides is 1. The molecule has 0 spiro atoms. The fraction of sp³-hybridized carbons (Fsp3) is 0.500. The maximum atomic E-state index is 12.0. The molecule has 1 amide bonds. The molecule has 0 aliphatic carbocycles. The summed E-state index contributed by atoms with van der Waals surface area (Å²) in [5.74, 6) is 0.0365. The zero-order chi connectivity index (χ0) is 12.6. The Morgan fingerprint density at radius 1 is 1.53 bits per heavy atom. The molecule has 2 heterocycles. The number of halogens is 1. The monoisotopic (exact) mass is 254 g/mol. The van der Waals surface area contributed by atoms with Crippen LogP contribution in [0.25, 0.3) is 0 Å². The molecule has 2 rings (SSSR count). The van der Waals surface area contributed by atoms with Gasteiger partial charge in [-0.05, 0) is 18.1 Å². The lowest BCUT2D eigenvalue weighted by molar-refractivity contribution is -0.110. The van der Waals surface area contributed by atoms with Gasteiger partial charge in [0.1, 0.15) is 10.8 Å². The first-order valence-electron chi connectivity index (χ1n) is 5.55. The van der Waals surface area contributed by atoms with Crippen molar-refractivity contribution in [3.63, 3.8) is 0 Å². The van der Waals surface area contributed by atoms with Crippen LogP contribution in [0.15, 0.2) is 18.3 Å². The van der Waals surface area contributed by atoms with Crippen molar-refractivity contribution in [3.05, 3.63) is 29.0 Å². The molecule has 17 heavy (non-hydrogen) atoms. The van der Waals surface area contributed by atoms with Crippen LogP contribution < -0.4 is 0 Å². The van der Waals surface area contributed by atoms with Crippen molar-refractivity contribution in [1.29, 1.82) is 0 Å². The third-order valence-electron chi connectivity index (χ3n) is 3.27. The molecule has 1 aliphatic heterocycles. The van der Waals surface area contributed by atoms with E-state index in [1.807, 2.05) is 13.8 Å². The minimum Gasteiger partial charge on any atom is -0.386 e. The Morgan fingerprint density at radius 3 is 2.65 bits per heavy atom. The molecule has 1 fully saturated rings. The summed E-state index contributed by atoms with van der Waals surface area (Å²) in [6.45, 7) is 4.66. The van der Waals surface area contributed by atoms with Crippen molar-refractivity contribution >= 4 is 17.5 Å². The molecule has 1 aromatic heterocycles. The van der Waals surface area contributed by atoms with Crippen LogP contribution in [-0.4, -0.2) is 39.6 Å². The van der Waals surface area contributed by atoms with Crippen LogP contribution in [0.3, 0.4) is 0 Å². The summed E-state index contributed by atoms with van der Waals surface area (Å²) in [6.07, 6.45) is 1.46. The number of pyridine rings is 1. The molecule has 1 aliphatic rings. The Hall–Kier alpha value is -1.13. The Balaban J connectivity index is 2.02. The summed E-state index contributed by atoms with van der Waals surface area (Å²) in [5, 5.41) is 10.4. The molecule has 0 radical (unpaired) electrons. The number of aliphatic hydroxyl groups is 1. The second-order valence-corrected chi connectivity index (χ2v) is 5.18. The molecule has 0 saturated carbocycles. The van der Waals surface area contributed by atoms with Gasteiger partial charge in [0.25, 0.3) is 5.91 Å². The average molecular weight is 255 g/mol. The first kappa shape index (κ1) is 12.3. The average Bonchev–Trinajstić information content (AvgIpc) is 2.24. The van der Waals surface area contributed by atoms with Gasteiger partial charge in [0.05, 0.1) is 18.7 Å².